The monoisotopic (exact) mass is 497 g/mol. The summed E-state index contributed by atoms with van der Waals surface area (Å²) < 4.78 is 0. The molecular formula is C30H31N3O4. The van der Waals surface area contributed by atoms with E-state index in [0.717, 1.165) is 34.7 Å². The van der Waals surface area contributed by atoms with Crippen LogP contribution in [0.3, 0.4) is 0 Å². The smallest absolute Gasteiger partial charge is 0.321 e. The standard InChI is InChI=1S/C20H19N3O3.C10H12O/c1-21-18(20(25)26)12-13-6-8-14(9-7-13)23-19(24)16-10-11-22-17-5-3-2-4-15(16)17;1-2-9(8-11)10-6-4-3-5-7-10/h2-11,18,21H,12H2,1H3,(H,23,24)(H,25,26);3-9H,2H2,1H3. The number of benzene rings is 3. The Balaban J connectivity index is 0.000000289. The van der Waals surface area contributed by atoms with Crippen molar-refractivity contribution in [2.45, 2.75) is 31.7 Å². The molecule has 1 amide bonds. The lowest BCUT2D eigenvalue weighted by Gasteiger charge is -2.12. The van der Waals surface area contributed by atoms with Gasteiger partial charge in [-0.25, -0.2) is 0 Å². The number of rotatable bonds is 9. The first-order chi connectivity index (χ1) is 18.0. The normalized spacial score (nSPS) is 12.1. The van der Waals surface area contributed by atoms with E-state index in [-0.39, 0.29) is 11.8 Å². The Morgan fingerprint density at radius 2 is 1.62 bits per heavy atom. The predicted molar refractivity (Wildman–Crippen MR) is 146 cm³/mol. The van der Waals surface area contributed by atoms with Crippen LogP contribution in [0.1, 0.15) is 40.7 Å². The van der Waals surface area contributed by atoms with Crippen LogP contribution in [0.15, 0.2) is 91.1 Å². The lowest BCUT2D eigenvalue weighted by atomic mass is 9.98. The number of aromatic nitrogens is 1. The second kappa shape index (κ2) is 13.7. The van der Waals surface area contributed by atoms with Gasteiger partial charge in [0.2, 0.25) is 0 Å². The number of carbonyl (C=O) groups excluding carboxylic acids is 2. The minimum atomic E-state index is -0.894. The van der Waals surface area contributed by atoms with E-state index in [1.54, 1.807) is 31.4 Å². The number of likely N-dealkylation sites (N-methyl/N-ethyl adjacent to an activating group) is 1. The third-order valence-corrected chi connectivity index (χ3v) is 6.02. The van der Waals surface area contributed by atoms with Gasteiger partial charge in [-0.05, 0) is 55.3 Å². The molecule has 37 heavy (non-hydrogen) atoms. The van der Waals surface area contributed by atoms with Crippen molar-refractivity contribution >= 4 is 34.8 Å². The van der Waals surface area contributed by atoms with Gasteiger partial charge in [0.1, 0.15) is 12.3 Å². The van der Waals surface area contributed by atoms with Crippen LogP contribution in [-0.4, -0.2) is 41.3 Å². The molecule has 4 rings (SSSR count). The molecule has 0 aliphatic rings. The molecule has 1 heterocycles. The van der Waals surface area contributed by atoms with Crippen molar-refractivity contribution in [3.05, 3.63) is 108 Å². The van der Waals surface area contributed by atoms with E-state index in [9.17, 15) is 14.4 Å². The minimum absolute atomic E-state index is 0.0798. The van der Waals surface area contributed by atoms with Gasteiger partial charge in [0.25, 0.3) is 5.91 Å². The number of fused-ring (bicyclic) bond motifs is 1. The van der Waals surface area contributed by atoms with Gasteiger partial charge >= 0.3 is 5.97 Å². The number of carboxylic acid groups (broad SMARTS) is 1. The van der Waals surface area contributed by atoms with E-state index in [4.69, 9.17) is 5.11 Å². The number of nitrogens with zero attached hydrogens (tertiary/aromatic N) is 1. The Labute approximate surface area is 216 Å². The molecule has 0 saturated heterocycles. The van der Waals surface area contributed by atoms with E-state index in [1.807, 2.05) is 73.7 Å². The summed E-state index contributed by atoms with van der Waals surface area (Å²) in [5.74, 6) is -1.03. The van der Waals surface area contributed by atoms with Gasteiger partial charge in [-0.1, -0.05) is 67.6 Å². The lowest BCUT2D eigenvalue weighted by molar-refractivity contribution is -0.139. The van der Waals surface area contributed by atoms with Crippen LogP contribution in [-0.2, 0) is 16.0 Å². The van der Waals surface area contributed by atoms with E-state index < -0.39 is 12.0 Å². The molecule has 0 aliphatic heterocycles. The van der Waals surface area contributed by atoms with Gasteiger partial charge in [-0.2, -0.15) is 0 Å². The largest absolute Gasteiger partial charge is 0.480 e. The predicted octanol–water partition coefficient (Wildman–Crippen LogP) is 5.08. The van der Waals surface area contributed by atoms with Gasteiger partial charge in [-0.15, -0.1) is 0 Å². The van der Waals surface area contributed by atoms with Crippen LogP contribution in [0, 0.1) is 0 Å². The maximum atomic E-state index is 12.6. The number of hydrogen-bond donors (Lipinski definition) is 3. The fourth-order valence-corrected chi connectivity index (χ4v) is 3.88. The SMILES string of the molecule is CCC(C=O)c1ccccc1.CNC(Cc1ccc(NC(=O)c2ccnc3ccccc23)cc1)C(=O)O. The molecule has 4 aromatic rings. The number of aldehydes is 1. The van der Waals surface area contributed by atoms with Crippen LogP contribution in [0.5, 0.6) is 0 Å². The molecular weight excluding hydrogens is 466 g/mol. The van der Waals surface area contributed by atoms with E-state index in [2.05, 4.69) is 15.6 Å². The first kappa shape index (κ1) is 27.2. The van der Waals surface area contributed by atoms with Crippen molar-refractivity contribution in [3.63, 3.8) is 0 Å². The fourth-order valence-electron chi connectivity index (χ4n) is 3.88. The summed E-state index contributed by atoms with van der Waals surface area (Å²) in [6, 6.07) is 25.6. The van der Waals surface area contributed by atoms with Crippen LogP contribution in [0.25, 0.3) is 10.9 Å². The fraction of sp³-hybridized carbons (Fsp3) is 0.200. The van der Waals surface area contributed by atoms with Gasteiger partial charge in [0.05, 0.1) is 11.1 Å². The number of nitrogens with one attached hydrogen (secondary N) is 2. The topological polar surface area (TPSA) is 108 Å². The Kier molecular flexibility index (Phi) is 10.0. The Hall–Kier alpha value is -4.36. The molecule has 3 N–H and O–H groups in total. The third kappa shape index (κ3) is 7.56. The molecule has 190 valence electrons. The second-order valence-electron chi connectivity index (χ2n) is 8.47. The first-order valence-corrected chi connectivity index (χ1v) is 12.1. The highest BCUT2D eigenvalue weighted by molar-refractivity contribution is 6.12. The van der Waals surface area contributed by atoms with Gasteiger partial charge in [0, 0.05) is 23.2 Å². The highest BCUT2D eigenvalue weighted by Gasteiger charge is 2.15. The number of carbonyl (C=O) groups is 3. The van der Waals surface area contributed by atoms with Crippen molar-refractivity contribution in [1.29, 1.82) is 0 Å². The molecule has 7 heteroatoms. The summed E-state index contributed by atoms with van der Waals surface area (Å²) in [6.07, 6.45) is 3.88. The van der Waals surface area contributed by atoms with Gasteiger partial charge in [-0.3, -0.25) is 14.6 Å². The molecule has 7 nitrogen and oxygen atoms in total. The van der Waals surface area contributed by atoms with E-state index >= 15 is 0 Å². The van der Waals surface area contributed by atoms with Crippen LogP contribution < -0.4 is 10.6 Å². The van der Waals surface area contributed by atoms with Gasteiger partial charge in [0.15, 0.2) is 0 Å². The van der Waals surface area contributed by atoms with E-state index in [0.29, 0.717) is 17.7 Å². The maximum absolute atomic E-state index is 12.6. The number of carboxylic acids is 1. The zero-order chi connectivity index (χ0) is 26.6. The molecule has 0 aliphatic carbocycles. The average molecular weight is 498 g/mol. The third-order valence-electron chi connectivity index (χ3n) is 6.02. The molecule has 0 spiro atoms. The number of amides is 1. The summed E-state index contributed by atoms with van der Waals surface area (Å²) in [4.78, 5) is 38.5. The summed E-state index contributed by atoms with van der Waals surface area (Å²) >= 11 is 0. The number of hydrogen-bond acceptors (Lipinski definition) is 5. The van der Waals surface area contributed by atoms with Crippen molar-refractivity contribution in [2.75, 3.05) is 12.4 Å². The quantitative estimate of drug-likeness (QED) is 0.278. The zero-order valence-electron chi connectivity index (χ0n) is 20.9. The summed E-state index contributed by atoms with van der Waals surface area (Å²) in [7, 11) is 1.62. The average Bonchev–Trinajstić information content (AvgIpc) is 2.93. The number of pyridine rings is 1. The minimum Gasteiger partial charge on any atom is -0.480 e. The van der Waals surface area contributed by atoms with Crippen LogP contribution in [0.2, 0.25) is 0 Å². The second-order valence-corrected chi connectivity index (χ2v) is 8.47. The first-order valence-electron chi connectivity index (χ1n) is 12.1. The number of anilines is 1. The molecule has 2 unspecified atom stereocenters. The van der Waals surface area contributed by atoms with Crippen LogP contribution in [0.4, 0.5) is 5.69 Å². The number of aliphatic carboxylic acids is 1. The molecule has 0 radical (unpaired) electrons. The molecule has 2 atom stereocenters. The summed E-state index contributed by atoms with van der Waals surface area (Å²) in [5, 5.41) is 15.5. The molecule has 0 bridgehead atoms. The summed E-state index contributed by atoms with van der Waals surface area (Å²) in [5.41, 5.74) is 3.96. The molecule has 3 aromatic carbocycles. The van der Waals surface area contributed by atoms with Gasteiger partial charge < -0.3 is 20.5 Å². The van der Waals surface area contributed by atoms with Crippen molar-refractivity contribution in [2.24, 2.45) is 0 Å². The maximum Gasteiger partial charge on any atom is 0.321 e. The van der Waals surface area contributed by atoms with Crippen LogP contribution >= 0.6 is 0 Å². The molecule has 0 fully saturated rings. The van der Waals surface area contributed by atoms with E-state index in [1.165, 1.54) is 0 Å². The zero-order valence-corrected chi connectivity index (χ0v) is 20.9. The highest BCUT2D eigenvalue weighted by Crippen LogP contribution is 2.19. The number of para-hydroxylation sites is 1. The highest BCUT2D eigenvalue weighted by atomic mass is 16.4. The Bertz CT molecular complexity index is 1320. The molecule has 1 aromatic heterocycles. The van der Waals surface area contributed by atoms with Crippen molar-refractivity contribution < 1.29 is 19.5 Å². The summed E-state index contributed by atoms with van der Waals surface area (Å²) in [6.45, 7) is 2.02. The molecule has 0 saturated carbocycles. The Morgan fingerprint density at radius 1 is 0.946 bits per heavy atom. The van der Waals surface area contributed by atoms with Crippen molar-refractivity contribution in [1.82, 2.24) is 10.3 Å². The Morgan fingerprint density at radius 3 is 2.24 bits per heavy atom. The van der Waals surface area contributed by atoms with Crippen molar-refractivity contribution in [3.8, 4) is 0 Å². The lowest BCUT2D eigenvalue weighted by Crippen LogP contribution is -2.35.